The van der Waals surface area contributed by atoms with Gasteiger partial charge in [-0.05, 0) is 18.4 Å². The van der Waals surface area contributed by atoms with Crippen LogP contribution in [0.5, 0.6) is 0 Å². The fraction of sp³-hybridized carbons (Fsp3) is 0.417. The van der Waals surface area contributed by atoms with Crippen molar-refractivity contribution in [3.63, 3.8) is 0 Å². The van der Waals surface area contributed by atoms with Crippen LogP contribution in [0.1, 0.15) is 25.3 Å². The number of carbonyl (C=O) groups is 1. The molecule has 1 aromatic rings. The van der Waals surface area contributed by atoms with E-state index in [9.17, 15) is 9.90 Å². The third-order valence-corrected chi connectivity index (χ3v) is 2.30. The van der Waals surface area contributed by atoms with Gasteiger partial charge in [-0.15, -0.1) is 0 Å². The van der Waals surface area contributed by atoms with E-state index >= 15 is 0 Å². The van der Waals surface area contributed by atoms with Crippen LogP contribution in [0, 0.1) is 5.92 Å². The van der Waals surface area contributed by atoms with Gasteiger partial charge in [-0.1, -0.05) is 43.7 Å². The zero-order valence-corrected chi connectivity index (χ0v) is 11.4. The summed E-state index contributed by atoms with van der Waals surface area (Å²) < 4.78 is 0. The molecule has 0 radical (unpaired) electrons. The zero-order chi connectivity index (χ0) is 10.4. The molecule has 1 rings (SSSR count). The van der Waals surface area contributed by atoms with Crippen LogP contribution in [0.2, 0.25) is 0 Å². The second-order valence-electron chi connectivity index (χ2n) is 3.49. The SMILES string of the molecule is CCCC(Cc1ccccc1)C(=O)[O-].[Na+]. The van der Waals surface area contributed by atoms with Crippen molar-refractivity contribution in [1.82, 2.24) is 0 Å². The van der Waals surface area contributed by atoms with Crippen LogP contribution in [0.3, 0.4) is 0 Å². The van der Waals surface area contributed by atoms with Gasteiger partial charge < -0.3 is 9.90 Å². The Morgan fingerprint density at radius 3 is 2.40 bits per heavy atom. The van der Waals surface area contributed by atoms with Crippen molar-refractivity contribution in [1.29, 1.82) is 0 Å². The molecule has 0 aliphatic heterocycles. The van der Waals surface area contributed by atoms with E-state index in [1.54, 1.807) is 0 Å². The summed E-state index contributed by atoms with van der Waals surface area (Å²) in [5.74, 6) is -1.28. The summed E-state index contributed by atoms with van der Waals surface area (Å²) in [5, 5.41) is 10.8. The van der Waals surface area contributed by atoms with E-state index in [2.05, 4.69) is 0 Å². The Kier molecular flexibility index (Phi) is 7.75. The number of hydrogen-bond donors (Lipinski definition) is 0. The molecule has 0 spiro atoms. The molecule has 3 heteroatoms. The Morgan fingerprint density at radius 2 is 1.93 bits per heavy atom. The second-order valence-corrected chi connectivity index (χ2v) is 3.49. The smallest absolute Gasteiger partial charge is 0.550 e. The number of carbonyl (C=O) groups excluding carboxylic acids is 1. The predicted molar refractivity (Wildman–Crippen MR) is 53.6 cm³/mol. The van der Waals surface area contributed by atoms with Crippen LogP contribution >= 0.6 is 0 Å². The van der Waals surface area contributed by atoms with Crippen LogP contribution in [-0.2, 0) is 11.2 Å². The van der Waals surface area contributed by atoms with Gasteiger partial charge in [-0.2, -0.15) is 0 Å². The summed E-state index contributed by atoms with van der Waals surface area (Å²) >= 11 is 0. The first kappa shape index (κ1) is 14.7. The minimum absolute atomic E-state index is 0. The van der Waals surface area contributed by atoms with Gasteiger partial charge in [0.2, 0.25) is 0 Å². The number of hydrogen-bond acceptors (Lipinski definition) is 2. The molecule has 0 aliphatic carbocycles. The van der Waals surface area contributed by atoms with Crippen molar-refractivity contribution < 1.29 is 39.5 Å². The van der Waals surface area contributed by atoms with Crippen molar-refractivity contribution in [3.05, 3.63) is 35.9 Å². The summed E-state index contributed by atoms with van der Waals surface area (Å²) in [4.78, 5) is 10.8. The average molecular weight is 214 g/mol. The molecule has 15 heavy (non-hydrogen) atoms. The maximum atomic E-state index is 10.8. The number of benzene rings is 1. The van der Waals surface area contributed by atoms with Crippen molar-refractivity contribution in [2.24, 2.45) is 5.92 Å². The fourth-order valence-corrected chi connectivity index (χ4v) is 1.55. The molecule has 0 aromatic heterocycles. The normalized spacial score (nSPS) is 11.5. The molecule has 0 N–H and O–H groups in total. The molecule has 0 fully saturated rings. The van der Waals surface area contributed by atoms with Crippen molar-refractivity contribution in [2.75, 3.05) is 0 Å². The quantitative estimate of drug-likeness (QED) is 0.554. The minimum Gasteiger partial charge on any atom is -0.550 e. The Balaban J connectivity index is 0.00000196. The van der Waals surface area contributed by atoms with Gasteiger partial charge in [0.05, 0.1) is 0 Å². The summed E-state index contributed by atoms with van der Waals surface area (Å²) in [5.41, 5.74) is 1.06. The number of aliphatic carboxylic acids is 1. The standard InChI is InChI=1S/C12H16O2.Na/c1-2-6-11(12(13)14)9-10-7-4-3-5-8-10;/h3-5,7-8,11H,2,6,9H2,1H3,(H,13,14);/q;+1/p-1. The maximum absolute atomic E-state index is 10.8. The van der Waals surface area contributed by atoms with E-state index in [1.165, 1.54) is 0 Å². The average Bonchev–Trinajstić information content (AvgIpc) is 2.18. The second kappa shape index (κ2) is 7.91. The first-order valence-corrected chi connectivity index (χ1v) is 4.98. The summed E-state index contributed by atoms with van der Waals surface area (Å²) in [6, 6.07) is 9.68. The van der Waals surface area contributed by atoms with E-state index < -0.39 is 5.97 Å². The van der Waals surface area contributed by atoms with Gasteiger partial charge in [0.15, 0.2) is 0 Å². The molecular formula is C12H15NaO2. The van der Waals surface area contributed by atoms with Gasteiger partial charge in [-0.3, -0.25) is 0 Å². The number of rotatable bonds is 5. The summed E-state index contributed by atoms with van der Waals surface area (Å²) in [6.45, 7) is 1.99. The van der Waals surface area contributed by atoms with Crippen LogP contribution in [0.4, 0.5) is 0 Å². The fourth-order valence-electron chi connectivity index (χ4n) is 1.55. The van der Waals surface area contributed by atoms with Gasteiger partial charge in [-0.25, -0.2) is 0 Å². The monoisotopic (exact) mass is 214 g/mol. The van der Waals surface area contributed by atoms with Gasteiger partial charge in [0.25, 0.3) is 0 Å². The Morgan fingerprint density at radius 1 is 1.33 bits per heavy atom. The van der Waals surface area contributed by atoms with Gasteiger partial charge in [0, 0.05) is 11.9 Å². The first-order valence-electron chi connectivity index (χ1n) is 4.98. The third kappa shape index (κ3) is 5.36. The molecule has 0 saturated carbocycles. The van der Waals surface area contributed by atoms with Crippen LogP contribution in [-0.4, -0.2) is 5.97 Å². The molecule has 76 valence electrons. The van der Waals surface area contributed by atoms with Gasteiger partial charge >= 0.3 is 29.6 Å². The molecule has 0 aliphatic rings. The van der Waals surface area contributed by atoms with Crippen LogP contribution < -0.4 is 34.7 Å². The Labute approximate surface area is 113 Å². The van der Waals surface area contributed by atoms with Crippen molar-refractivity contribution in [3.8, 4) is 0 Å². The third-order valence-electron chi connectivity index (χ3n) is 2.30. The van der Waals surface area contributed by atoms with E-state index in [-0.39, 0.29) is 35.5 Å². The number of carboxylic acid groups (broad SMARTS) is 1. The summed E-state index contributed by atoms with van der Waals surface area (Å²) in [7, 11) is 0. The zero-order valence-electron chi connectivity index (χ0n) is 9.40. The van der Waals surface area contributed by atoms with Crippen molar-refractivity contribution >= 4 is 5.97 Å². The topological polar surface area (TPSA) is 40.1 Å². The van der Waals surface area contributed by atoms with Gasteiger partial charge in [0.1, 0.15) is 0 Å². The molecule has 0 heterocycles. The molecule has 0 saturated heterocycles. The maximum Gasteiger partial charge on any atom is 1.00 e. The van der Waals surface area contributed by atoms with Crippen molar-refractivity contribution in [2.45, 2.75) is 26.2 Å². The molecule has 0 amide bonds. The molecular weight excluding hydrogens is 199 g/mol. The van der Waals surface area contributed by atoms with E-state index in [1.807, 2.05) is 37.3 Å². The molecule has 2 nitrogen and oxygen atoms in total. The number of carboxylic acids is 1. The Hall–Kier alpha value is -0.310. The largest absolute Gasteiger partial charge is 1.00 e. The molecule has 1 aromatic carbocycles. The minimum atomic E-state index is -0.935. The van der Waals surface area contributed by atoms with E-state index in [0.717, 1.165) is 12.0 Å². The molecule has 1 unspecified atom stereocenters. The Bertz CT molecular complexity index is 285. The van der Waals surface area contributed by atoms with E-state index in [4.69, 9.17) is 0 Å². The summed E-state index contributed by atoms with van der Waals surface area (Å²) in [6.07, 6.45) is 2.15. The van der Waals surface area contributed by atoms with Crippen LogP contribution in [0.25, 0.3) is 0 Å². The molecule has 0 bridgehead atoms. The molecule has 1 atom stereocenters. The predicted octanol–water partition coefficient (Wildman–Crippen LogP) is -1.60. The van der Waals surface area contributed by atoms with Crippen LogP contribution in [0.15, 0.2) is 30.3 Å². The van der Waals surface area contributed by atoms with E-state index in [0.29, 0.717) is 12.8 Å². The first-order chi connectivity index (χ1) is 6.74.